The number of aryl methyl sites for hydroxylation is 1. The molecule has 0 aliphatic carbocycles. The van der Waals surface area contributed by atoms with Crippen molar-refractivity contribution in [2.45, 2.75) is 39.0 Å². The lowest BCUT2D eigenvalue weighted by Crippen LogP contribution is -2.40. The van der Waals surface area contributed by atoms with Crippen LogP contribution in [-0.4, -0.2) is 38.9 Å². The van der Waals surface area contributed by atoms with E-state index < -0.39 is 6.61 Å². The van der Waals surface area contributed by atoms with Crippen LogP contribution in [-0.2, 0) is 11.3 Å². The molecule has 1 aromatic carbocycles. The summed E-state index contributed by atoms with van der Waals surface area (Å²) in [5, 5.41) is 6.29. The van der Waals surface area contributed by atoms with Crippen LogP contribution >= 0.6 is 24.0 Å². The van der Waals surface area contributed by atoms with Crippen LogP contribution in [0.4, 0.5) is 8.78 Å². The van der Waals surface area contributed by atoms with Crippen molar-refractivity contribution in [2.24, 2.45) is 4.99 Å². The summed E-state index contributed by atoms with van der Waals surface area (Å²) in [7, 11) is 1.66. The Bertz CT molecular complexity index is 538. The van der Waals surface area contributed by atoms with Gasteiger partial charge in [-0.15, -0.1) is 24.0 Å². The van der Waals surface area contributed by atoms with Gasteiger partial charge in [-0.05, 0) is 25.8 Å². The number of aliphatic imine (C=N–C) groups is 1. The first-order valence-corrected chi connectivity index (χ1v) is 7.69. The number of rotatable bonds is 6. The summed E-state index contributed by atoms with van der Waals surface area (Å²) in [4.78, 5) is 4.13. The van der Waals surface area contributed by atoms with Crippen LogP contribution in [0.5, 0.6) is 5.75 Å². The van der Waals surface area contributed by atoms with Gasteiger partial charge in [-0.2, -0.15) is 8.78 Å². The number of hydrogen-bond donors (Lipinski definition) is 2. The molecule has 0 radical (unpaired) electrons. The Hall–Kier alpha value is -1.16. The van der Waals surface area contributed by atoms with Crippen molar-refractivity contribution in [3.8, 4) is 5.75 Å². The molecule has 8 heteroatoms. The fourth-order valence-corrected chi connectivity index (χ4v) is 2.47. The van der Waals surface area contributed by atoms with E-state index in [1.54, 1.807) is 19.2 Å². The zero-order chi connectivity index (χ0) is 16.7. The Kier molecular flexibility index (Phi) is 9.27. The monoisotopic (exact) mass is 455 g/mol. The Balaban J connectivity index is 0.00000288. The molecule has 1 unspecified atom stereocenters. The molecule has 2 rings (SSSR count). The van der Waals surface area contributed by atoms with Crippen LogP contribution in [0, 0.1) is 6.92 Å². The van der Waals surface area contributed by atoms with E-state index in [1.807, 2.05) is 13.0 Å². The number of nitrogens with one attached hydrogen (secondary N) is 2. The summed E-state index contributed by atoms with van der Waals surface area (Å²) in [6, 6.07) is 5.12. The van der Waals surface area contributed by atoms with Gasteiger partial charge in [0.05, 0.1) is 6.10 Å². The van der Waals surface area contributed by atoms with Crippen LogP contribution in [0.15, 0.2) is 23.2 Å². The predicted molar refractivity (Wildman–Crippen MR) is 100 cm³/mol. The highest BCUT2D eigenvalue weighted by atomic mass is 127. The van der Waals surface area contributed by atoms with Crippen LogP contribution in [0.25, 0.3) is 0 Å². The van der Waals surface area contributed by atoms with E-state index in [9.17, 15) is 8.78 Å². The van der Waals surface area contributed by atoms with Gasteiger partial charge < -0.3 is 20.1 Å². The first-order valence-electron chi connectivity index (χ1n) is 7.69. The van der Waals surface area contributed by atoms with Gasteiger partial charge in [-0.25, -0.2) is 0 Å². The van der Waals surface area contributed by atoms with E-state index >= 15 is 0 Å². The normalized spacial score (nSPS) is 17.5. The average Bonchev–Trinajstić information content (AvgIpc) is 3.03. The summed E-state index contributed by atoms with van der Waals surface area (Å²) in [6.45, 7) is 0.882. The van der Waals surface area contributed by atoms with E-state index in [4.69, 9.17) is 4.74 Å². The molecule has 136 valence electrons. The smallest absolute Gasteiger partial charge is 0.387 e. The zero-order valence-electron chi connectivity index (χ0n) is 13.9. The highest BCUT2D eigenvalue weighted by Crippen LogP contribution is 2.22. The van der Waals surface area contributed by atoms with E-state index in [-0.39, 0.29) is 35.8 Å². The number of hydrogen-bond acceptors (Lipinski definition) is 3. The van der Waals surface area contributed by atoms with Gasteiger partial charge >= 0.3 is 6.61 Å². The molecule has 5 nitrogen and oxygen atoms in total. The number of nitrogens with zero attached hydrogens (tertiary/aromatic N) is 1. The first-order chi connectivity index (χ1) is 11.1. The molecule has 0 saturated carbocycles. The fourth-order valence-electron chi connectivity index (χ4n) is 2.47. The number of guanidine groups is 1. The third kappa shape index (κ3) is 6.76. The minimum atomic E-state index is -2.84. The highest BCUT2D eigenvalue weighted by molar-refractivity contribution is 14.0. The average molecular weight is 455 g/mol. The molecule has 1 aliphatic heterocycles. The molecular weight excluding hydrogens is 431 g/mol. The Labute approximate surface area is 158 Å². The van der Waals surface area contributed by atoms with Crippen molar-refractivity contribution in [3.63, 3.8) is 0 Å². The maximum absolute atomic E-state index is 12.5. The third-order valence-electron chi connectivity index (χ3n) is 3.62. The molecule has 0 aromatic heterocycles. The quantitative estimate of drug-likeness (QED) is 0.394. The summed E-state index contributed by atoms with van der Waals surface area (Å²) < 4.78 is 35.0. The van der Waals surface area contributed by atoms with Crippen molar-refractivity contribution >= 4 is 29.9 Å². The second kappa shape index (κ2) is 10.7. The van der Waals surface area contributed by atoms with Crippen LogP contribution in [0.2, 0.25) is 0 Å². The molecule has 0 bridgehead atoms. The van der Waals surface area contributed by atoms with Crippen molar-refractivity contribution in [3.05, 3.63) is 29.3 Å². The summed E-state index contributed by atoms with van der Waals surface area (Å²) in [5.74, 6) is 0.776. The topological polar surface area (TPSA) is 54.9 Å². The lowest BCUT2D eigenvalue weighted by Gasteiger charge is -2.16. The minimum Gasteiger partial charge on any atom is -0.434 e. The number of alkyl halides is 2. The third-order valence-corrected chi connectivity index (χ3v) is 3.62. The molecule has 2 N–H and O–H groups in total. The van der Waals surface area contributed by atoms with Gasteiger partial charge in [0.2, 0.25) is 0 Å². The fraction of sp³-hybridized carbons (Fsp3) is 0.562. The summed E-state index contributed by atoms with van der Waals surface area (Å²) >= 11 is 0. The van der Waals surface area contributed by atoms with E-state index in [1.165, 1.54) is 0 Å². The van der Waals surface area contributed by atoms with E-state index in [0.29, 0.717) is 24.6 Å². The first kappa shape index (κ1) is 20.9. The second-order valence-electron chi connectivity index (χ2n) is 5.43. The lowest BCUT2D eigenvalue weighted by atomic mass is 10.1. The number of ether oxygens (including phenoxy) is 2. The zero-order valence-corrected chi connectivity index (χ0v) is 16.2. The van der Waals surface area contributed by atoms with Crippen molar-refractivity contribution in [1.82, 2.24) is 10.6 Å². The lowest BCUT2D eigenvalue weighted by molar-refractivity contribution is -0.0504. The standard InChI is InChI=1S/C16H23F2N3O2.HI/c1-11-5-6-14(23-15(17)18)12(8-11)9-20-16(19-2)21-10-13-4-3-7-22-13;/h5-6,8,13,15H,3-4,7,9-10H2,1-2H3,(H2,19,20,21);1H. The van der Waals surface area contributed by atoms with Gasteiger partial charge in [0.25, 0.3) is 0 Å². The highest BCUT2D eigenvalue weighted by Gasteiger charge is 2.16. The molecule has 0 amide bonds. The Morgan fingerprint density at radius 1 is 1.42 bits per heavy atom. The van der Waals surface area contributed by atoms with Crippen molar-refractivity contribution < 1.29 is 18.3 Å². The predicted octanol–water partition coefficient (Wildman–Crippen LogP) is 3.06. The summed E-state index contributed by atoms with van der Waals surface area (Å²) in [6.07, 6.45) is 2.31. The maximum Gasteiger partial charge on any atom is 0.387 e. The van der Waals surface area contributed by atoms with Gasteiger partial charge in [0.1, 0.15) is 5.75 Å². The maximum atomic E-state index is 12.5. The molecule has 1 atom stereocenters. The van der Waals surface area contributed by atoms with Gasteiger partial charge in [-0.3, -0.25) is 4.99 Å². The van der Waals surface area contributed by atoms with Crippen LogP contribution in [0.1, 0.15) is 24.0 Å². The van der Waals surface area contributed by atoms with Crippen molar-refractivity contribution in [2.75, 3.05) is 20.2 Å². The molecule has 1 heterocycles. The van der Waals surface area contributed by atoms with Gasteiger partial charge in [-0.1, -0.05) is 17.7 Å². The minimum absolute atomic E-state index is 0. The van der Waals surface area contributed by atoms with E-state index in [2.05, 4.69) is 20.4 Å². The van der Waals surface area contributed by atoms with Crippen LogP contribution < -0.4 is 15.4 Å². The molecule has 1 aromatic rings. The molecule has 24 heavy (non-hydrogen) atoms. The molecular formula is C16H24F2IN3O2. The number of halogens is 3. The molecule has 1 saturated heterocycles. The van der Waals surface area contributed by atoms with Gasteiger partial charge in [0, 0.05) is 32.3 Å². The Morgan fingerprint density at radius 3 is 2.83 bits per heavy atom. The molecule has 1 fully saturated rings. The Morgan fingerprint density at radius 2 is 2.21 bits per heavy atom. The SMILES string of the molecule is CN=C(NCc1cc(C)ccc1OC(F)F)NCC1CCCO1.I. The summed E-state index contributed by atoms with van der Waals surface area (Å²) in [5.41, 5.74) is 1.64. The number of benzene rings is 1. The second-order valence-corrected chi connectivity index (χ2v) is 5.43. The molecule has 1 aliphatic rings. The van der Waals surface area contributed by atoms with Crippen LogP contribution in [0.3, 0.4) is 0 Å². The van der Waals surface area contributed by atoms with Gasteiger partial charge in [0.15, 0.2) is 5.96 Å². The molecule has 0 spiro atoms. The van der Waals surface area contributed by atoms with Crippen molar-refractivity contribution in [1.29, 1.82) is 0 Å². The van der Waals surface area contributed by atoms with E-state index in [0.717, 1.165) is 25.0 Å². The largest absolute Gasteiger partial charge is 0.434 e.